The lowest BCUT2D eigenvalue weighted by Gasteiger charge is -2.34. The lowest BCUT2D eigenvalue weighted by atomic mass is 9.68. The van der Waals surface area contributed by atoms with Crippen LogP contribution in [0, 0.1) is 0 Å². The summed E-state index contributed by atoms with van der Waals surface area (Å²) in [5.41, 5.74) is 26.7. The number of hydrogen-bond acceptors (Lipinski definition) is 1. The predicted molar refractivity (Wildman–Crippen MR) is 292 cm³/mol. The van der Waals surface area contributed by atoms with E-state index in [9.17, 15) is 0 Å². The largest absolute Gasteiger partial charge is 0.310 e. The molecule has 4 aliphatic carbocycles. The van der Waals surface area contributed by atoms with Crippen molar-refractivity contribution in [2.24, 2.45) is 0 Å². The van der Waals surface area contributed by atoms with E-state index in [1.807, 2.05) is 0 Å². The topological polar surface area (TPSA) is 3.24 Å². The van der Waals surface area contributed by atoms with Crippen molar-refractivity contribution >= 4 is 17.1 Å². The summed E-state index contributed by atoms with van der Waals surface area (Å²) in [7, 11) is 0. The second-order valence-electron chi connectivity index (χ2n) is 19.9. The van der Waals surface area contributed by atoms with Gasteiger partial charge in [-0.3, -0.25) is 0 Å². The standard InChI is InChI=1S/C70H47N/c1-68(46-22-5-2-6-23-46)58-33-16-11-28-51(58)55-42-40-50(45-65(55)68)71(49-41-43-63-57(44-49)54-31-14-17-34-59(54)69(63,47-24-7-3-8-25-47)48-26-9-4-10-27-48)66-39-21-38-64-67(66)56-32-15-20-37-62(56)70(64)60-35-18-12-29-52(60)53-30-13-19-36-61(53)70/h2-45H,1H3. The lowest BCUT2D eigenvalue weighted by Crippen LogP contribution is -2.28. The summed E-state index contributed by atoms with van der Waals surface area (Å²) in [5.74, 6) is 0. The molecular formula is C70H47N. The van der Waals surface area contributed by atoms with Gasteiger partial charge in [0, 0.05) is 22.4 Å². The average molecular weight is 902 g/mol. The second-order valence-corrected chi connectivity index (χ2v) is 19.9. The first-order chi connectivity index (χ1) is 35.1. The Labute approximate surface area is 415 Å². The summed E-state index contributed by atoms with van der Waals surface area (Å²) in [5, 5.41) is 0. The molecular weight excluding hydrogens is 855 g/mol. The number of rotatable bonds is 6. The molecule has 71 heavy (non-hydrogen) atoms. The summed E-state index contributed by atoms with van der Waals surface area (Å²) in [6.45, 7) is 2.43. The molecule has 0 saturated carbocycles. The molecule has 0 heterocycles. The van der Waals surface area contributed by atoms with Gasteiger partial charge in [-0.2, -0.15) is 0 Å². The Bertz CT molecular complexity index is 3870. The van der Waals surface area contributed by atoms with Crippen molar-refractivity contribution in [3.05, 3.63) is 328 Å². The Morgan fingerprint density at radius 3 is 1.24 bits per heavy atom. The number of fused-ring (bicyclic) bond motifs is 16. The van der Waals surface area contributed by atoms with Crippen molar-refractivity contribution in [3.8, 4) is 44.5 Å². The maximum Gasteiger partial charge on any atom is 0.0726 e. The molecule has 1 spiro atoms. The van der Waals surface area contributed by atoms with Crippen LogP contribution in [0.1, 0.15) is 68.1 Å². The van der Waals surface area contributed by atoms with E-state index in [2.05, 4.69) is 279 Å². The fourth-order valence-corrected chi connectivity index (χ4v) is 14.0. The fraction of sp³-hybridized carbons (Fsp3) is 0.0571. The van der Waals surface area contributed by atoms with E-state index in [0.717, 1.165) is 17.1 Å². The van der Waals surface area contributed by atoms with E-state index < -0.39 is 10.8 Å². The van der Waals surface area contributed by atoms with E-state index in [0.29, 0.717) is 0 Å². The summed E-state index contributed by atoms with van der Waals surface area (Å²) < 4.78 is 0. The van der Waals surface area contributed by atoms with E-state index in [4.69, 9.17) is 0 Å². The highest BCUT2D eigenvalue weighted by atomic mass is 15.1. The van der Waals surface area contributed by atoms with E-state index in [1.54, 1.807) is 0 Å². The molecule has 1 heteroatoms. The van der Waals surface area contributed by atoms with Gasteiger partial charge < -0.3 is 4.90 Å². The number of nitrogens with zero attached hydrogens (tertiary/aromatic N) is 1. The van der Waals surface area contributed by atoms with E-state index in [-0.39, 0.29) is 5.41 Å². The first-order valence-electron chi connectivity index (χ1n) is 25.0. The van der Waals surface area contributed by atoms with Crippen molar-refractivity contribution in [1.29, 1.82) is 0 Å². The van der Waals surface area contributed by atoms with Crippen LogP contribution in [0.25, 0.3) is 44.5 Å². The summed E-state index contributed by atoms with van der Waals surface area (Å²) >= 11 is 0. The smallest absolute Gasteiger partial charge is 0.0726 e. The summed E-state index contributed by atoms with van der Waals surface area (Å²) in [6.07, 6.45) is 0. The third-order valence-electron chi connectivity index (χ3n) is 16.8. The molecule has 1 nitrogen and oxygen atoms in total. The fourth-order valence-electron chi connectivity index (χ4n) is 14.0. The highest BCUT2D eigenvalue weighted by molar-refractivity contribution is 6.02. The van der Waals surface area contributed by atoms with Crippen molar-refractivity contribution < 1.29 is 0 Å². The molecule has 1 unspecified atom stereocenters. The van der Waals surface area contributed by atoms with Gasteiger partial charge in [0.25, 0.3) is 0 Å². The van der Waals surface area contributed by atoms with Crippen LogP contribution in [0.15, 0.2) is 267 Å². The van der Waals surface area contributed by atoms with Crippen LogP contribution in [0.3, 0.4) is 0 Å². The van der Waals surface area contributed by atoms with Gasteiger partial charge >= 0.3 is 0 Å². The molecule has 0 N–H and O–H groups in total. The summed E-state index contributed by atoms with van der Waals surface area (Å²) in [4.78, 5) is 2.59. The van der Waals surface area contributed by atoms with Crippen molar-refractivity contribution in [2.45, 2.75) is 23.2 Å². The van der Waals surface area contributed by atoms with Crippen LogP contribution in [0.4, 0.5) is 17.1 Å². The van der Waals surface area contributed by atoms with Gasteiger partial charge in [0.15, 0.2) is 0 Å². The van der Waals surface area contributed by atoms with Crippen molar-refractivity contribution in [2.75, 3.05) is 4.90 Å². The third kappa shape index (κ3) is 5.15. The van der Waals surface area contributed by atoms with Gasteiger partial charge in [-0.1, -0.05) is 237 Å². The maximum absolute atomic E-state index is 2.59. The zero-order valence-corrected chi connectivity index (χ0v) is 39.4. The van der Waals surface area contributed by atoms with Gasteiger partial charge in [-0.15, -0.1) is 0 Å². The Morgan fingerprint density at radius 1 is 0.254 bits per heavy atom. The van der Waals surface area contributed by atoms with Gasteiger partial charge in [0.05, 0.1) is 16.5 Å². The molecule has 0 saturated heterocycles. The molecule has 11 aromatic carbocycles. The lowest BCUT2D eigenvalue weighted by molar-refractivity contribution is 0.714. The van der Waals surface area contributed by atoms with Crippen LogP contribution in [-0.2, 0) is 16.2 Å². The molecule has 0 fully saturated rings. The minimum absolute atomic E-state index is 0.372. The molecule has 0 aromatic heterocycles. The Morgan fingerprint density at radius 2 is 0.648 bits per heavy atom. The minimum atomic E-state index is -0.503. The Kier molecular flexibility index (Phi) is 8.40. The van der Waals surface area contributed by atoms with Gasteiger partial charge in [-0.05, 0) is 137 Å². The second kappa shape index (κ2) is 14.9. The average Bonchev–Trinajstić information content (AvgIpc) is 4.11. The van der Waals surface area contributed by atoms with Crippen LogP contribution in [-0.4, -0.2) is 0 Å². The van der Waals surface area contributed by atoms with Gasteiger partial charge in [0.2, 0.25) is 0 Å². The highest BCUT2D eigenvalue weighted by Gasteiger charge is 2.53. The molecule has 1 atom stereocenters. The molecule has 0 radical (unpaired) electrons. The normalized spacial score (nSPS) is 16.2. The van der Waals surface area contributed by atoms with Crippen LogP contribution in [0.2, 0.25) is 0 Å². The predicted octanol–water partition coefficient (Wildman–Crippen LogP) is 17.2. The quantitative estimate of drug-likeness (QED) is 0.161. The maximum atomic E-state index is 2.59. The van der Waals surface area contributed by atoms with E-state index in [1.165, 1.54) is 106 Å². The molecule has 0 bridgehead atoms. The minimum Gasteiger partial charge on any atom is -0.310 e. The Hall–Kier alpha value is -8.78. The molecule has 11 aromatic rings. The first kappa shape index (κ1) is 40.1. The first-order valence-corrected chi connectivity index (χ1v) is 25.0. The van der Waals surface area contributed by atoms with Crippen molar-refractivity contribution in [1.82, 2.24) is 0 Å². The van der Waals surface area contributed by atoms with Crippen LogP contribution < -0.4 is 4.90 Å². The molecule has 0 aliphatic heterocycles. The monoisotopic (exact) mass is 901 g/mol. The molecule has 332 valence electrons. The van der Waals surface area contributed by atoms with Gasteiger partial charge in [0.1, 0.15) is 0 Å². The number of benzene rings is 11. The SMILES string of the molecule is CC1(c2ccccc2)c2ccccc2-c2ccc(N(c3ccc4c(c3)-c3ccccc3C4(c3ccccc3)c3ccccc3)c3cccc4c3-c3ccccc3C43c4ccccc4-c4ccccc43)cc21. The van der Waals surface area contributed by atoms with Crippen LogP contribution in [0.5, 0.6) is 0 Å². The van der Waals surface area contributed by atoms with Crippen LogP contribution >= 0.6 is 0 Å². The van der Waals surface area contributed by atoms with Gasteiger partial charge in [-0.25, -0.2) is 0 Å². The molecule has 15 rings (SSSR count). The van der Waals surface area contributed by atoms with Crippen molar-refractivity contribution in [3.63, 3.8) is 0 Å². The van der Waals surface area contributed by atoms with E-state index >= 15 is 0 Å². The highest BCUT2D eigenvalue weighted by Crippen LogP contribution is 2.65. The molecule has 0 amide bonds. The zero-order valence-electron chi connectivity index (χ0n) is 39.4. The number of hydrogen-bond donors (Lipinski definition) is 0. The summed E-state index contributed by atoms with van der Waals surface area (Å²) in [6, 6.07) is 101. The zero-order chi connectivity index (χ0) is 46.9. The third-order valence-corrected chi connectivity index (χ3v) is 16.8. The Balaban J connectivity index is 1.03. The number of anilines is 3. The molecule has 4 aliphatic rings.